The fourth-order valence-corrected chi connectivity index (χ4v) is 8.39. The molecule has 0 radical (unpaired) electrons. The first-order valence-corrected chi connectivity index (χ1v) is 13.3. The number of fused-ring (bicyclic) bond motifs is 5. The Bertz CT molecular complexity index is 846. The Labute approximate surface area is 204 Å². The van der Waals surface area contributed by atoms with Crippen LogP contribution < -0.4 is 0 Å². The van der Waals surface area contributed by atoms with Gasteiger partial charge in [0.1, 0.15) is 0 Å². The van der Waals surface area contributed by atoms with Crippen LogP contribution in [0.5, 0.6) is 0 Å². The van der Waals surface area contributed by atoms with Gasteiger partial charge in [0.2, 0.25) is 0 Å². The zero-order valence-corrected chi connectivity index (χ0v) is 21.8. The van der Waals surface area contributed by atoms with Gasteiger partial charge < -0.3 is 25.5 Å². The number of carbonyl (C=O) groups excluding carboxylic acids is 1. The van der Waals surface area contributed by atoms with E-state index in [2.05, 4.69) is 20.8 Å². The highest BCUT2D eigenvalue weighted by atomic mass is 16.3. The molecule has 0 aromatic carbocycles. The number of rotatable bonds is 5. The summed E-state index contributed by atoms with van der Waals surface area (Å²) in [7, 11) is 0. The minimum atomic E-state index is -1.11. The maximum absolute atomic E-state index is 13.3. The van der Waals surface area contributed by atoms with Gasteiger partial charge in [0.25, 0.3) is 0 Å². The molecule has 6 heteroatoms. The topological polar surface area (TPSA) is 118 Å². The van der Waals surface area contributed by atoms with Crippen molar-refractivity contribution in [1.82, 2.24) is 0 Å². The minimum Gasteiger partial charge on any atom is -0.393 e. The Morgan fingerprint density at radius 1 is 1.09 bits per heavy atom. The van der Waals surface area contributed by atoms with Gasteiger partial charge in [0.05, 0.1) is 29.5 Å². The van der Waals surface area contributed by atoms with Gasteiger partial charge in [-0.25, -0.2) is 0 Å². The molecule has 0 amide bonds. The number of ketones is 1. The van der Waals surface area contributed by atoms with E-state index in [1.165, 1.54) is 0 Å². The predicted molar refractivity (Wildman–Crippen MR) is 130 cm³/mol. The van der Waals surface area contributed by atoms with Gasteiger partial charge in [-0.3, -0.25) is 4.79 Å². The second-order valence-corrected chi connectivity index (χ2v) is 13.4. The molecule has 0 spiro atoms. The van der Waals surface area contributed by atoms with E-state index in [9.17, 15) is 30.3 Å². The number of hydrogen-bond acceptors (Lipinski definition) is 6. The molecule has 6 nitrogen and oxygen atoms in total. The predicted octanol–water partition coefficient (Wildman–Crippen LogP) is 2.99. The summed E-state index contributed by atoms with van der Waals surface area (Å²) < 4.78 is 0. The lowest BCUT2D eigenvalue weighted by Gasteiger charge is -2.60. The van der Waals surface area contributed by atoms with Crippen molar-refractivity contribution >= 4 is 5.78 Å². The molecule has 34 heavy (non-hydrogen) atoms. The molecule has 4 rings (SSSR count). The van der Waals surface area contributed by atoms with Crippen LogP contribution in [-0.4, -0.2) is 60.8 Å². The zero-order valence-electron chi connectivity index (χ0n) is 21.8. The molecule has 1 unspecified atom stereocenters. The third-order valence-corrected chi connectivity index (χ3v) is 11.2. The molecular weight excluding hydrogens is 432 g/mol. The quantitative estimate of drug-likeness (QED) is 0.415. The second kappa shape index (κ2) is 8.37. The van der Waals surface area contributed by atoms with Crippen LogP contribution in [0.15, 0.2) is 11.6 Å². The molecule has 3 saturated carbocycles. The van der Waals surface area contributed by atoms with Gasteiger partial charge in [-0.2, -0.15) is 0 Å². The average Bonchev–Trinajstić information content (AvgIpc) is 3.00. The van der Waals surface area contributed by atoms with E-state index in [0.29, 0.717) is 19.3 Å². The summed E-state index contributed by atoms with van der Waals surface area (Å²) in [4.78, 5) is 13.3. The van der Waals surface area contributed by atoms with Crippen molar-refractivity contribution in [2.75, 3.05) is 0 Å². The minimum absolute atomic E-state index is 0.00427. The number of carbonyl (C=O) groups is 1. The fourth-order valence-electron chi connectivity index (χ4n) is 8.39. The van der Waals surface area contributed by atoms with E-state index < -0.39 is 40.3 Å². The average molecular weight is 479 g/mol. The van der Waals surface area contributed by atoms with E-state index in [1.807, 2.05) is 6.92 Å². The Hall–Kier alpha value is -0.790. The van der Waals surface area contributed by atoms with E-state index in [4.69, 9.17) is 0 Å². The molecule has 0 saturated heterocycles. The van der Waals surface area contributed by atoms with Crippen molar-refractivity contribution in [2.24, 2.45) is 40.4 Å². The molecule has 194 valence electrons. The lowest BCUT2D eigenvalue weighted by Crippen LogP contribution is -2.61. The molecule has 0 heterocycles. The van der Waals surface area contributed by atoms with Crippen LogP contribution in [-0.2, 0) is 4.79 Å². The summed E-state index contributed by atoms with van der Waals surface area (Å²) in [5.41, 5.74) is -2.08. The highest BCUT2D eigenvalue weighted by Crippen LogP contribution is 2.68. The molecule has 4 aliphatic carbocycles. The summed E-state index contributed by atoms with van der Waals surface area (Å²) in [6.45, 7) is 11.8. The first-order chi connectivity index (χ1) is 15.6. The van der Waals surface area contributed by atoms with Crippen molar-refractivity contribution in [3.63, 3.8) is 0 Å². The Morgan fingerprint density at radius 3 is 2.35 bits per heavy atom. The number of aliphatic hydroxyl groups is 5. The van der Waals surface area contributed by atoms with Crippen molar-refractivity contribution in [3.05, 3.63) is 11.6 Å². The fraction of sp³-hybridized carbons (Fsp3) is 0.893. The molecule has 3 fully saturated rings. The molecule has 0 aliphatic heterocycles. The SMILES string of the molecule is CC(C[C@@H](O)[C@@H](C)[C@H]1CC[C@@]2(O)C3=CC(=O)[C@@H]4C[C@@H](O)[C@@H](O)C[C@]4(C)[C@H]3CC[C@]12C)C(C)(C)O. The summed E-state index contributed by atoms with van der Waals surface area (Å²) in [5, 5.41) is 54.4. The molecule has 0 bridgehead atoms. The zero-order chi connectivity index (χ0) is 25.4. The Balaban J connectivity index is 1.63. The largest absolute Gasteiger partial charge is 0.393 e. The van der Waals surface area contributed by atoms with Crippen molar-refractivity contribution < 1.29 is 30.3 Å². The maximum atomic E-state index is 13.3. The number of allylic oxidation sites excluding steroid dienone is 1. The number of aliphatic hydroxyl groups excluding tert-OH is 3. The van der Waals surface area contributed by atoms with E-state index in [0.717, 1.165) is 24.8 Å². The second-order valence-electron chi connectivity index (χ2n) is 13.4. The van der Waals surface area contributed by atoms with Crippen LogP contribution in [0.25, 0.3) is 0 Å². The van der Waals surface area contributed by atoms with Crippen molar-refractivity contribution in [3.8, 4) is 0 Å². The van der Waals surface area contributed by atoms with Gasteiger partial charge in [-0.15, -0.1) is 0 Å². The van der Waals surface area contributed by atoms with Crippen LogP contribution in [0.4, 0.5) is 0 Å². The monoisotopic (exact) mass is 478 g/mol. The number of hydrogen-bond donors (Lipinski definition) is 5. The standard InChI is InChI=1S/C28H46O6/c1-15(25(3,4)33)11-21(29)16(2)17-8-10-28(34)19-12-22(30)20-13-23(31)24(32)14-26(20,5)18(19)7-9-27(17,28)6/h12,15-18,20-21,23-24,29,31-34H,7-11,13-14H2,1-6H3/t15?,16-,17+,18-,20-,21+,23+,24-,26+,27+,28+/m0/s1. The highest BCUT2D eigenvalue weighted by molar-refractivity contribution is 5.95. The van der Waals surface area contributed by atoms with E-state index in [-0.39, 0.29) is 41.8 Å². The summed E-state index contributed by atoms with van der Waals surface area (Å²) in [6.07, 6.45) is 3.48. The third kappa shape index (κ3) is 3.75. The molecule has 0 aromatic heterocycles. The Morgan fingerprint density at radius 2 is 1.74 bits per heavy atom. The first-order valence-electron chi connectivity index (χ1n) is 13.3. The van der Waals surface area contributed by atoms with Crippen LogP contribution >= 0.6 is 0 Å². The molecule has 0 aromatic rings. The highest BCUT2D eigenvalue weighted by Gasteiger charge is 2.67. The molecule has 5 N–H and O–H groups in total. The molecular formula is C28H46O6. The van der Waals surface area contributed by atoms with Crippen molar-refractivity contribution in [2.45, 2.75) is 116 Å². The summed E-state index contributed by atoms with van der Waals surface area (Å²) >= 11 is 0. The lowest BCUT2D eigenvalue weighted by atomic mass is 9.46. The molecule has 11 atom stereocenters. The Kier molecular flexibility index (Phi) is 6.47. The van der Waals surface area contributed by atoms with Crippen LogP contribution in [0.2, 0.25) is 0 Å². The summed E-state index contributed by atoms with van der Waals surface area (Å²) in [5.74, 6) is -0.359. The van der Waals surface area contributed by atoms with Crippen LogP contribution in [0.3, 0.4) is 0 Å². The van der Waals surface area contributed by atoms with E-state index >= 15 is 0 Å². The van der Waals surface area contributed by atoms with E-state index in [1.54, 1.807) is 19.9 Å². The third-order valence-electron chi connectivity index (χ3n) is 11.2. The van der Waals surface area contributed by atoms with Crippen LogP contribution in [0.1, 0.15) is 86.5 Å². The van der Waals surface area contributed by atoms with Gasteiger partial charge in [0.15, 0.2) is 5.78 Å². The van der Waals surface area contributed by atoms with Crippen LogP contribution in [0, 0.1) is 40.4 Å². The smallest absolute Gasteiger partial charge is 0.159 e. The molecule has 4 aliphatic rings. The normalized spacial score (nSPS) is 47.2. The summed E-state index contributed by atoms with van der Waals surface area (Å²) in [6, 6.07) is 0. The van der Waals surface area contributed by atoms with Gasteiger partial charge in [-0.05, 0) is 99.5 Å². The van der Waals surface area contributed by atoms with Crippen molar-refractivity contribution in [1.29, 1.82) is 0 Å². The first kappa shape index (κ1) is 26.3. The maximum Gasteiger partial charge on any atom is 0.159 e. The van der Waals surface area contributed by atoms with Gasteiger partial charge >= 0.3 is 0 Å². The van der Waals surface area contributed by atoms with Gasteiger partial charge in [0, 0.05) is 11.3 Å². The lowest BCUT2D eigenvalue weighted by molar-refractivity contribution is -0.154. The van der Waals surface area contributed by atoms with Gasteiger partial charge in [-0.1, -0.05) is 27.7 Å².